The Balaban J connectivity index is 2.11. The molecule has 2 aromatic rings. The summed E-state index contributed by atoms with van der Waals surface area (Å²) in [5, 5.41) is 12.5. The van der Waals surface area contributed by atoms with Gasteiger partial charge >= 0.3 is 0 Å². The van der Waals surface area contributed by atoms with Crippen LogP contribution in [0.3, 0.4) is 0 Å². The molecule has 0 aromatic heterocycles. The van der Waals surface area contributed by atoms with Gasteiger partial charge in [0.15, 0.2) is 0 Å². The Morgan fingerprint density at radius 3 is 2.41 bits per heavy atom. The van der Waals surface area contributed by atoms with Crippen LogP contribution in [-0.4, -0.2) is 10.9 Å². The topological polar surface area (TPSA) is 32.6 Å². The largest absolute Gasteiger partial charge is 0.411 e. The van der Waals surface area contributed by atoms with E-state index < -0.39 is 0 Å². The molecule has 0 aliphatic heterocycles. The van der Waals surface area contributed by atoms with Gasteiger partial charge in [-0.3, -0.25) is 0 Å². The minimum absolute atomic E-state index is 0.318. The van der Waals surface area contributed by atoms with Crippen LogP contribution in [0.5, 0.6) is 0 Å². The van der Waals surface area contributed by atoms with Crippen molar-refractivity contribution < 1.29 is 5.21 Å². The number of hydrogen-bond donors (Lipinski definition) is 1. The maximum Gasteiger partial charge on any atom is 0.0880 e. The molecule has 2 nitrogen and oxygen atoms in total. The highest BCUT2D eigenvalue weighted by Gasteiger charge is 2.28. The second-order valence-electron chi connectivity index (χ2n) is 4.30. The monoisotopic (exact) mass is 223 g/mol. The molecule has 1 unspecified atom stereocenters. The van der Waals surface area contributed by atoms with Crippen molar-refractivity contribution in [1.29, 1.82) is 0 Å². The highest BCUT2D eigenvalue weighted by molar-refractivity contribution is 6.05. The van der Waals surface area contributed by atoms with Crippen molar-refractivity contribution in [1.82, 2.24) is 0 Å². The summed E-state index contributed by atoms with van der Waals surface area (Å²) in [6.07, 6.45) is 0.778. The first-order valence-corrected chi connectivity index (χ1v) is 5.75. The predicted molar refractivity (Wildman–Crippen MR) is 67.7 cm³/mol. The highest BCUT2D eigenvalue weighted by Crippen LogP contribution is 2.37. The van der Waals surface area contributed by atoms with E-state index in [0.717, 1.165) is 17.7 Å². The van der Waals surface area contributed by atoms with Crippen molar-refractivity contribution in [2.75, 3.05) is 0 Å². The summed E-state index contributed by atoms with van der Waals surface area (Å²) in [6, 6.07) is 18.5. The van der Waals surface area contributed by atoms with Gasteiger partial charge in [0.2, 0.25) is 0 Å². The fraction of sp³-hybridized carbons (Fsp3) is 0.133. The average Bonchev–Trinajstić information content (AvgIpc) is 2.78. The molecule has 0 heterocycles. The molecule has 1 atom stereocenters. The molecule has 0 radical (unpaired) electrons. The molecule has 0 saturated carbocycles. The zero-order valence-corrected chi connectivity index (χ0v) is 9.38. The number of oxime groups is 1. The van der Waals surface area contributed by atoms with E-state index in [0.29, 0.717) is 5.92 Å². The minimum atomic E-state index is 0.318. The summed E-state index contributed by atoms with van der Waals surface area (Å²) in [6.45, 7) is 0. The third-order valence-corrected chi connectivity index (χ3v) is 3.37. The van der Waals surface area contributed by atoms with Crippen LogP contribution in [0, 0.1) is 0 Å². The fourth-order valence-electron chi connectivity index (χ4n) is 2.55. The van der Waals surface area contributed by atoms with E-state index in [4.69, 9.17) is 5.21 Å². The first-order valence-electron chi connectivity index (χ1n) is 5.75. The SMILES string of the molecule is ON=C1CC(c2ccccc2)c2ccccc21. The lowest BCUT2D eigenvalue weighted by Gasteiger charge is -2.10. The van der Waals surface area contributed by atoms with E-state index in [1.54, 1.807) is 0 Å². The fourth-order valence-corrected chi connectivity index (χ4v) is 2.55. The van der Waals surface area contributed by atoms with Crippen molar-refractivity contribution in [3.8, 4) is 0 Å². The van der Waals surface area contributed by atoms with E-state index in [9.17, 15) is 0 Å². The molecule has 0 bridgehead atoms. The number of rotatable bonds is 1. The van der Waals surface area contributed by atoms with Gasteiger partial charge in [-0.1, -0.05) is 59.8 Å². The van der Waals surface area contributed by atoms with Crippen LogP contribution in [0.4, 0.5) is 0 Å². The van der Waals surface area contributed by atoms with Gasteiger partial charge in [0.05, 0.1) is 5.71 Å². The van der Waals surface area contributed by atoms with Gasteiger partial charge in [0.25, 0.3) is 0 Å². The smallest absolute Gasteiger partial charge is 0.0880 e. The summed E-state index contributed by atoms with van der Waals surface area (Å²) >= 11 is 0. The maximum absolute atomic E-state index is 9.07. The van der Waals surface area contributed by atoms with Gasteiger partial charge in [0, 0.05) is 17.9 Å². The quantitative estimate of drug-likeness (QED) is 0.583. The maximum atomic E-state index is 9.07. The Labute approximate surface area is 100 Å². The molecule has 0 amide bonds. The second kappa shape index (κ2) is 4.06. The molecule has 3 rings (SSSR count). The van der Waals surface area contributed by atoms with Crippen molar-refractivity contribution in [2.24, 2.45) is 5.16 Å². The standard InChI is InChI=1S/C15H13NO/c17-16-15-10-14(11-6-2-1-3-7-11)12-8-4-5-9-13(12)15/h1-9,14,17H,10H2. The summed E-state index contributed by atoms with van der Waals surface area (Å²) in [5.74, 6) is 0.318. The van der Waals surface area contributed by atoms with Crippen LogP contribution in [0.15, 0.2) is 59.8 Å². The van der Waals surface area contributed by atoms with Gasteiger partial charge < -0.3 is 5.21 Å². The molecule has 2 aromatic carbocycles. The normalized spacial score (nSPS) is 20.5. The van der Waals surface area contributed by atoms with E-state index in [2.05, 4.69) is 23.4 Å². The first-order chi connectivity index (χ1) is 8.40. The second-order valence-corrected chi connectivity index (χ2v) is 4.30. The predicted octanol–water partition coefficient (Wildman–Crippen LogP) is 3.40. The third kappa shape index (κ3) is 1.62. The summed E-state index contributed by atoms with van der Waals surface area (Å²) in [4.78, 5) is 0. The van der Waals surface area contributed by atoms with E-state index in [-0.39, 0.29) is 0 Å². The molecule has 0 spiro atoms. The minimum Gasteiger partial charge on any atom is -0.411 e. The Morgan fingerprint density at radius 2 is 1.65 bits per heavy atom. The highest BCUT2D eigenvalue weighted by atomic mass is 16.4. The summed E-state index contributed by atoms with van der Waals surface area (Å²) < 4.78 is 0. The van der Waals surface area contributed by atoms with Crippen LogP contribution >= 0.6 is 0 Å². The molecule has 1 aliphatic rings. The number of benzene rings is 2. The van der Waals surface area contributed by atoms with Gasteiger partial charge in [0.1, 0.15) is 0 Å². The van der Waals surface area contributed by atoms with E-state index >= 15 is 0 Å². The van der Waals surface area contributed by atoms with E-state index in [1.807, 2.05) is 36.4 Å². The zero-order valence-electron chi connectivity index (χ0n) is 9.38. The van der Waals surface area contributed by atoms with Crippen molar-refractivity contribution >= 4 is 5.71 Å². The van der Waals surface area contributed by atoms with Crippen LogP contribution in [0.1, 0.15) is 29.0 Å². The third-order valence-electron chi connectivity index (χ3n) is 3.37. The van der Waals surface area contributed by atoms with Crippen molar-refractivity contribution in [3.63, 3.8) is 0 Å². The van der Waals surface area contributed by atoms with Gasteiger partial charge in [-0.25, -0.2) is 0 Å². The van der Waals surface area contributed by atoms with Crippen molar-refractivity contribution in [2.45, 2.75) is 12.3 Å². The van der Waals surface area contributed by atoms with Crippen molar-refractivity contribution in [3.05, 3.63) is 71.3 Å². The van der Waals surface area contributed by atoms with Gasteiger partial charge in [-0.2, -0.15) is 0 Å². The Bertz CT molecular complexity index is 560. The molecule has 2 heteroatoms. The zero-order chi connectivity index (χ0) is 11.7. The molecule has 0 saturated heterocycles. The average molecular weight is 223 g/mol. The molecule has 1 N–H and O–H groups in total. The van der Waals surface area contributed by atoms with Crippen LogP contribution in [-0.2, 0) is 0 Å². The molecule has 1 aliphatic carbocycles. The molecule has 0 fully saturated rings. The molecular weight excluding hydrogens is 210 g/mol. The first kappa shape index (κ1) is 10.1. The van der Waals surface area contributed by atoms with Crippen LogP contribution < -0.4 is 0 Å². The summed E-state index contributed by atoms with van der Waals surface area (Å²) in [5.41, 5.74) is 4.39. The Morgan fingerprint density at radius 1 is 0.941 bits per heavy atom. The molecule has 84 valence electrons. The lowest BCUT2D eigenvalue weighted by Crippen LogP contribution is -1.96. The van der Waals surface area contributed by atoms with Crippen LogP contribution in [0.2, 0.25) is 0 Å². The van der Waals surface area contributed by atoms with Gasteiger partial charge in [-0.15, -0.1) is 0 Å². The lowest BCUT2D eigenvalue weighted by molar-refractivity contribution is 0.318. The van der Waals surface area contributed by atoms with Gasteiger partial charge in [-0.05, 0) is 11.1 Å². The summed E-state index contributed by atoms with van der Waals surface area (Å²) in [7, 11) is 0. The Kier molecular flexibility index (Phi) is 2.41. The van der Waals surface area contributed by atoms with Crippen LogP contribution in [0.25, 0.3) is 0 Å². The lowest BCUT2D eigenvalue weighted by atomic mass is 9.93. The molecular formula is C15H13NO. The Hall–Kier alpha value is -2.09. The number of hydrogen-bond acceptors (Lipinski definition) is 2. The molecule has 17 heavy (non-hydrogen) atoms. The number of fused-ring (bicyclic) bond motifs is 1. The number of nitrogens with zero attached hydrogens (tertiary/aromatic N) is 1. The van der Waals surface area contributed by atoms with E-state index in [1.165, 1.54) is 11.1 Å².